The Morgan fingerprint density at radius 3 is 2.50 bits per heavy atom. The van der Waals surface area contributed by atoms with Gasteiger partial charge in [-0.2, -0.15) is 0 Å². The molecular formula is C13H15N3O2. The molecule has 0 unspecified atom stereocenters. The van der Waals surface area contributed by atoms with E-state index in [9.17, 15) is 4.79 Å². The Morgan fingerprint density at radius 1 is 1.28 bits per heavy atom. The van der Waals surface area contributed by atoms with Gasteiger partial charge in [-0.05, 0) is 19.1 Å². The van der Waals surface area contributed by atoms with Crippen molar-refractivity contribution in [2.24, 2.45) is 0 Å². The Hall–Kier alpha value is -2.17. The van der Waals surface area contributed by atoms with Crippen molar-refractivity contribution in [1.29, 1.82) is 0 Å². The van der Waals surface area contributed by atoms with Gasteiger partial charge in [0.05, 0.1) is 23.8 Å². The van der Waals surface area contributed by atoms with Gasteiger partial charge in [-0.15, -0.1) is 0 Å². The largest absolute Gasteiger partial charge is 0.468 e. The van der Waals surface area contributed by atoms with Crippen molar-refractivity contribution in [3.8, 4) is 0 Å². The van der Waals surface area contributed by atoms with Gasteiger partial charge in [0.1, 0.15) is 6.54 Å². The summed E-state index contributed by atoms with van der Waals surface area (Å²) < 4.78 is 4.64. The second-order valence-electron chi connectivity index (χ2n) is 4.05. The Bertz CT molecular complexity index is 583. The molecule has 0 spiro atoms. The fourth-order valence-electron chi connectivity index (χ4n) is 1.77. The van der Waals surface area contributed by atoms with Crippen LogP contribution in [0.2, 0.25) is 0 Å². The number of rotatable bonds is 3. The number of fused-ring (bicyclic) bond motifs is 1. The number of likely N-dealkylation sites (N-methyl/N-ethyl adjacent to an activating group) is 1. The van der Waals surface area contributed by atoms with E-state index in [4.69, 9.17) is 0 Å². The predicted molar refractivity (Wildman–Crippen MR) is 69.6 cm³/mol. The highest BCUT2D eigenvalue weighted by molar-refractivity contribution is 5.78. The number of aromatic nitrogens is 2. The molecule has 1 aromatic carbocycles. The Balaban J connectivity index is 2.38. The number of hydrogen-bond donors (Lipinski definition) is 0. The molecule has 1 aromatic heterocycles. The number of carbonyl (C=O) groups is 1. The van der Waals surface area contributed by atoms with Crippen LogP contribution in [0.4, 0.5) is 5.82 Å². The molecule has 0 saturated carbocycles. The highest BCUT2D eigenvalue weighted by Gasteiger charge is 2.12. The molecule has 5 heteroatoms. The standard InChI is InChI=1S/C13H15N3O2/c1-9-13(16(2)8-12(17)18-3)15-11-7-5-4-6-10(11)14-9/h4-7H,8H2,1-3H3. The van der Waals surface area contributed by atoms with E-state index < -0.39 is 0 Å². The van der Waals surface area contributed by atoms with Crippen molar-refractivity contribution in [3.05, 3.63) is 30.0 Å². The van der Waals surface area contributed by atoms with Gasteiger partial charge in [0.25, 0.3) is 0 Å². The summed E-state index contributed by atoms with van der Waals surface area (Å²) in [6, 6.07) is 7.65. The lowest BCUT2D eigenvalue weighted by Crippen LogP contribution is -2.28. The molecule has 0 saturated heterocycles. The molecule has 18 heavy (non-hydrogen) atoms. The number of hydrogen-bond acceptors (Lipinski definition) is 5. The van der Waals surface area contributed by atoms with Crippen molar-refractivity contribution >= 4 is 22.8 Å². The van der Waals surface area contributed by atoms with Crippen LogP contribution in [0.5, 0.6) is 0 Å². The van der Waals surface area contributed by atoms with Gasteiger partial charge in [-0.3, -0.25) is 4.79 Å². The maximum absolute atomic E-state index is 11.3. The van der Waals surface area contributed by atoms with Crippen molar-refractivity contribution in [2.75, 3.05) is 25.6 Å². The smallest absolute Gasteiger partial charge is 0.325 e. The summed E-state index contributed by atoms with van der Waals surface area (Å²) >= 11 is 0. The fourth-order valence-corrected chi connectivity index (χ4v) is 1.77. The molecule has 0 aliphatic carbocycles. The third kappa shape index (κ3) is 2.40. The second kappa shape index (κ2) is 5.00. The zero-order valence-electron chi connectivity index (χ0n) is 10.7. The second-order valence-corrected chi connectivity index (χ2v) is 4.05. The zero-order valence-corrected chi connectivity index (χ0v) is 10.7. The van der Waals surface area contributed by atoms with E-state index in [-0.39, 0.29) is 12.5 Å². The molecule has 2 rings (SSSR count). The van der Waals surface area contributed by atoms with Gasteiger partial charge in [-0.1, -0.05) is 12.1 Å². The summed E-state index contributed by atoms with van der Waals surface area (Å²) in [4.78, 5) is 22.0. The third-order valence-corrected chi connectivity index (χ3v) is 2.68. The van der Waals surface area contributed by atoms with Crippen molar-refractivity contribution in [1.82, 2.24) is 9.97 Å². The number of esters is 1. The molecule has 0 radical (unpaired) electrons. The number of aryl methyl sites for hydroxylation is 1. The Labute approximate surface area is 105 Å². The fraction of sp³-hybridized carbons (Fsp3) is 0.308. The summed E-state index contributed by atoms with van der Waals surface area (Å²) in [6.45, 7) is 2.03. The first-order chi connectivity index (χ1) is 8.61. The quantitative estimate of drug-likeness (QED) is 0.768. The summed E-state index contributed by atoms with van der Waals surface area (Å²) in [7, 11) is 3.16. The number of nitrogens with zero attached hydrogens (tertiary/aromatic N) is 3. The summed E-state index contributed by atoms with van der Waals surface area (Å²) in [5.41, 5.74) is 2.46. The van der Waals surface area contributed by atoms with Crippen LogP contribution >= 0.6 is 0 Å². The Morgan fingerprint density at radius 2 is 1.89 bits per heavy atom. The molecule has 0 aliphatic rings. The summed E-state index contributed by atoms with van der Waals surface area (Å²) in [6.07, 6.45) is 0. The topological polar surface area (TPSA) is 55.3 Å². The number of methoxy groups -OCH3 is 1. The highest BCUT2D eigenvalue weighted by atomic mass is 16.5. The number of carbonyl (C=O) groups excluding carboxylic acids is 1. The molecule has 0 amide bonds. The average molecular weight is 245 g/mol. The first kappa shape index (κ1) is 12.3. The van der Waals surface area contributed by atoms with Crippen LogP contribution in [0, 0.1) is 6.92 Å². The van der Waals surface area contributed by atoms with Gasteiger partial charge in [0, 0.05) is 7.05 Å². The number of benzene rings is 1. The predicted octanol–water partition coefficient (Wildman–Crippen LogP) is 1.55. The van der Waals surface area contributed by atoms with E-state index >= 15 is 0 Å². The monoisotopic (exact) mass is 245 g/mol. The molecule has 5 nitrogen and oxygen atoms in total. The number of ether oxygens (including phenoxy) is 1. The summed E-state index contributed by atoms with van der Waals surface area (Å²) in [5.74, 6) is 0.394. The van der Waals surface area contributed by atoms with Crippen LogP contribution in [0.15, 0.2) is 24.3 Å². The van der Waals surface area contributed by atoms with E-state index in [1.54, 1.807) is 11.9 Å². The SMILES string of the molecule is COC(=O)CN(C)c1nc2ccccc2nc1C. The van der Waals surface area contributed by atoms with Gasteiger partial charge in [0.15, 0.2) is 5.82 Å². The minimum Gasteiger partial charge on any atom is -0.468 e. The van der Waals surface area contributed by atoms with E-state index in [1.807, 2.05) is 31.2 Å². The van der Waals surface area contributed by atoms with Gasteiger partial charge >= 0.3 is 5.97 Å². The lowest BCUT2D eigenvalue weighted by Gasteiger charge is -2.18. The van der Waals surface area contributed by atoms with Crippen LogP contribution in [0.25, 0.3) is 11.0 Å². The lowest BCUT2D eigenvalue weighted by atomic mass is 10.3. The molecule has 0 atom stereocenters. The number of para-hydroxylation sites is 2. The third-order valence-electron chi connectivity index (χ3n) is 2.68. The van der Waals surface area contributed by atoms with E-state index in [0.717, 1.165) is 16.7 Å². The van der Waals surface area contributed by atoms with Crippen LogP contribution in [0.1, 0.15) is 5.69 Å². The van der Waals surface area contributed by atoms with Gasteiger partial charge in [0.2, 0.25) is 0 Å². The van der Waals surface area contributed by atoms with Crippen molar-refractivity contribution < 1.29 is 9.53 Å². The molecular weight excluding hydrogens is 230 g/mol. The number of anilines is 1. The van der Waals surface area contributed by atoms with Crippen molar-refractivity contribution in [2.45, 2.75) is 6.92 Å². The first-order valence-corrected chi connectivity index (χ1v) is 5.63. The van der Waals surface area contributed by atoms with Crippen LogP contribution in [-0.4, -0.2) is 36.6 Å². The van der Waals surface area contributed by atoms with Crippen LogP contribution in [-0.2, 0) is 9.53 Å². The molecule has 0 aliphatic heterocycles. The first-order valence-electron chi connectivity index (χ1n) is 5.63. The highest BCUT2D eigenvalue weighted by Crippen LogP contribution is 2.18. The molecule has 2 aromatic rings. The van der Waals surface area contributed by atoms with E-state index in [2.05, 4.69) is 14.7 Å². The van der Waals surface area contributed by atoms with Gasteiger partial charge < -0.3 is 9.64 Å². The lowest BCUT2D eigenvalue weighted by molar-refractivity contribution is -0.138. The van der Waals surface area contributed by atoms with Crippen molar-refractivity contribution in [3.63, 3.8) is 0 Å². The molecule has 94 valence electrons. The summed E-state index contributed by atoms with van der Waals surface area (Å²) in [5, 5.41) is 0. The minimum absolute atomic E-state index is 0.157. The normalized spacial score (nSPS) is 10.4. The molecule has 0 fully saturated rings. The Kier molecular flexibility index (Phi) is 3.41. The molecule has 0 N–H and O–H groups in total. The van der Waals surface area contributed by atoms with Crippen LogP contribution < -0.4 is 4.90 Å². The van der Waals surface area contributed by atoms with E-state index in [0.29, 0.717) is 5.82 Å². The van der Waals surface area contributed by atoms with Gasteiger partial charge in [-0.25, -0.2) is 9.97 Å². The average Bonchev–Trinajstić information content (AvgIpc) is 2.37. The molecule has 0 bridgehead atoms. The maximum atomic E-state index is 11.3. The van der Waals surface area contributed by atoms with Crippen LogP contribution in [0.3, 0.4) is 0 Å². The molecule has 1 heterocycles. The zero-order chi connectivity index (χ0) is 13.1. The van der Waals surface area contributed by atoms with E-state index in [1.165, 1.54) is 7.11 Å². The maximum Gasteiger partial charge on any atom is 0.325 e. The minimum atomic E-state index is -0.299.